The second kappa shape index (κ2) is 4.10. The zero-order valence-corrected chi connectivity index (χ0v) is 8.15. The fourth-order valence-electron chi connectivity index (χ4n) is 1.02. The fraction of sp³-hybridized carbons (Fsp3) is 0.500. The van der Waals surface area contributed by atoms with E-state index < -0.39 is 5.69 Å². The van der Waals surface area contributed by atoms with E-state index in [0.29, 0.717) is 12.4 Å². The molecule has 1 aromatic heterocycles. The van der Waals surface area contributed by atoms with Crippen LogP contribution in [0, 0.1) is 0 Å². The Labute approximate surface area is 80.4 Å². The summed E-state index contributed by atoms with van der Waals surface area (Å²) in [7, 11) is 3.08. The standard InChI is InChI=1S/C8H13N3O3/c1-10(3-4-12)6-5-7(13)11(2)8(14)9-6/h5,12H,3-4H2,1-2H3,(H,9,14). The quantitative estimate of drug-likeness (QED) is 0.621. The van der Waals surface area contributed by atoms with Gasteiger partial charge in [-0.2, -0.15) is 0 Å². The van der Waals surface area contributed by atoms with Gasteiger partial charge < -0.3 is 10.0 Å². The Morgan fingerprint density at radius 2 is 2.21 bits per heavy atom. The number of likely N-dealkylation sites (N-methyl/N-ethyl adjacent to an activating group) is 1. The molecule has 0 amide bonds. The Bertz CT molecular complexity index is 389. The Hall–Kier alpha value is -1.56. The van der Waals surface area contributed by atoms with Gasteiger partial charge in [-0.3, -0.25) is 14.3 Å². The Balaban J connectivity index is 3.13. The average Bonchev–Trinajstić information content (AvgIpc) is 2.13. The number of nitrogens with one attached hydrogen (secondary N) is 1. The van der Waals surface area contributed by atoms with Gasteiger partial charge in [0.1, 0.15) is 5.82 Å². The normalized spacial score (nSPS) is 10.2. The largest absolute Gasteiger partial charge is 0.395 e. The first-order valence-corrected chi connectivity index (χ1v) is 4.18. The number of rotatable bonds is 3. The third kappa shape index (κ3) is 2.02. The first kappa shape index (κ1) is 10.5. The highest BCUT2D eigenvalue weighted by Gasteiger charge is 2.04. The van der Waals surface area contributed by atoms with Crippen molar-refractivity contribution in [1.29, 1.82) is 0 Å². The van der Waals surface area contributed by atoms with Gasteiger partial charge in [-0.05, 0) is 0 Å². The van der Waals surface area contributed by atoms with Crippen LogP contribution in [0.2, 0.25) is 0 Å². The van der Waals surface area contributed by atoms with E-state index in [1.807, 2.05) is 0 Å². The lowest BCUT2D eigenvalue weighted by Gasteiger charge is -2.16. The summed E-state index contributed by atoms with van der Waals surface area (Å²) in [6, 6.07) is 1.32. The minimum atomic E-state index is -0.461. The monoisotopic (exact) mass is 199 g/mol. The van der Waals surface area contributed by atoms with E-state index in [1.165, 1.54) is 13.1 Å². The number of aromatic nitrogens is 2. The lowest BCUT2D eigenvalue weighted by Crippen LogP contribution is -2.35. The molecule has 1 rings (SSSR count). The van der Waals surface area contributed by atoms with Gasteiger partial charge in [0.25, 0.3) is 5.56 Å². The Morgan fingerprint density at radius 1 is 1.57 bits per heavy atom. The maximum absolute atomic E-state index is 11.2. The maximum atomic E-state index is 11.2. The topological polar surface area (TPSA) is 78.3 Å². The average molecular weight is 199 g/mol. The van der Waals surface area contributed by atoms with Crippen molar-refractivity contribution in [3.8, 4) is 0 Å². The molecule has 6 heteroatoms. The number of H-pyrrole nitrogens is 1. The second-order valence-corrected chi connectivity index (χ2v) is 3.00. The molecule has 0 aliphatic rings. The van der Waals surface area contributed by atoms with Crippen LogP contribution < -0.4 is 16.1 Å². The van der Waals surface area contributed by atoms with E-state index in [2.05, 4.69) is 4.98 Å². The maximum Gasteiger partial charge on any atom is 0.329 e. The van der Waals surface area contributed by atoms with Crippen LogP contribution in [0.5, 0.6) is 0 Å². The molecule has 0 fully saturated rings. The molecule has 14 heavy (non-hydrogen) atoms. The van der Waals surface area contributed by atoms with Gasteiger partial charge in [0.2, 0.25) is 0 Å². The zero-order valence-electron chi connectivity index (χ0n) is 8.15. The molecule has 0 bridgehead atoms. The molecule has 1 heterocycles. The molecule has 78 valence electrons. The fourth-order valence-corrected chi connectivity index (χ4v) is 1.02. The number of aromatic amines is 1. The third-order valence-electron chi connectivity index (χ3n) is 1.98. The van der Waals surface area contributed by atoms with Crippen LogP contribution in [-0.4, -0.2) is 34.9 Å². The van der Waals surface area contributed by atoms with Crippen molar-refractivity contribution in [2.45, 2.75) is 0 Å². The number of anilines is 1. The molecule has 0 spiro atoms. The molecule has 0 radical (unpaired) electrons. The van der Waals surface area contributed by atoms with Crippen LogP contribution >= 0.6 is 0 Å². The van der Waals surface area contributed by atoms with Gasteiger partial charge in [-0.15, -0.1) is 0 Å². The molecule has 0 unspecified atom stereocenters. The molecular formula is C8H13N3O3. The van der Waals surface area contributed by atoms with Crippen LogP contribution in [0.4, 0.5) is 5.82 Å². The van der Waals surface area contributed by atoms with E-state index in [1.54, 1.807) is 11.9 Å². The van der Waals surface area contributed by atoms with E-state index in [4.69, 9.17) is 5.11 Å². The summed E-state index contributed by atoms with van der Waals surface area (Å²) in [6.07, 6.45) is 0. The summed E-state index contributed by atoms with van der Waals surface area (Å²) < 4.78 is 0.982. The van der Waals surface area contributed by atoms with Crippen LogP contribution in [-0.2, 0) is 7.05 Å². The summed E-state index contributed by atoms with van der Waals surface area (Å²) in [5, 5.41) is 8.67. The molecule has 2 N–H and O–H groups in total. The van der Waals surface area contributed by atoms with E-state index in [-0.39, 0.29) is 12.2 Å². The smallest absolute Gasteiger partial charge is 0.329 e. The third-order valence-corrected chi connectivity index (χ3v) is 1.98. The predicted molar refractivity (Wildman–Crippen MR) is 52.7 cm³/mol. The molecule has 0 aliphatic heterocycles. The van der Waals surface area contributed by atoms with Gasteiger partial charge >= 0.3 is 5.69 Å². The van der Waals surface area contributed by atoms with Crippen molar-refractivity contribution in [2.75, 3.05) is 25.1 Å². The summed E-state index contributed by atoms with van der Waals surface area (Å²) in [6.45, 7) is 0.330. The minimum absolute atomic E-state index is 0.0340. The van der Waals surface area contributed by atoms with Crippen LogP contribution in [0.25, 0.3) is 0 Å². The zero-order chi connectivity index (χ0) is 10.7. The summed E-state index contributed by atoms with van der Waals surface area (Å²) in [5.74, 6) is 0.409. The molecule has 6 nitrogen and oxygen atoms in total. The Morgan fingerprint density at radius 3 is 2.71 bits per heavy atom. The SMILES string of the molecule is CN(CCO)c1cc(=O)n(C)c(=O)[nH]1. The van der Waals surface area contributed by atoms with Crippen molar-refractivity contribution in [3.63, 3.8) is 0 Å². The lowest BCUT2D eigenvalue weighted by molar-refractivity contribution is 0.303. The molecule has 0 aromatic carbocycles. The van der Waals surface area contributed by atoms with Gasteiger partial charge in [0.05, 0.1) is 6.61 Å². The van der Waals surface area contributed by atoms with Crippen LogP contribution in [0.1, 0.15) is 0 Å². The molecule has 0 saturated heterocycles. The second-order valence-electron chi connectivity index (χ2n) is 3.00. The molecule has 0 saturated carbocycles. The van der Waals surface area contributed by atoms with Gasteiger partial charge in [0.15, 0.2) is 0 Å². The van der Waals surface area contributed by atoms with Crippen LogP contribution in [0.3, 0.4) is 0 Å². The molecule has 0 atom stereocenters. The summed E-state index contributed by atoms with van der Waals surface area (Å²) in [4.78, 5) is 26.5. The van der Waals surface area contributed by atoms with E-state index >= 15 is 0 Å². The Kier molecular flexibility index (Phi) is 3.08. The van der Waals surface area contributed by atoms with Crippen LogP contribution in [0.15, 0.2) is 15.7 Å². The summed E-state index contributed by atoms with van der Waals surface area (Å²) in [5.41, 5.74) is -0.828. The van der Waals surface area contributed by atoms with Crippen molar-refractivity contribution in [3.05, 3.63) is 26.9 Å². The first-order valence-electron chi connectivity index (χ1n) is 4.18. The minimum Gasteiger partial charge on any atom is -0.395 e. The highest BCUT2D eigenvalue weighted by Crippen LogP contribution is 2.00. The number of aliphatic hydroxyl groups is 1. The van der Waals surface area contributed by atoms with E-state index in [9.17, 15) is 9.59 Å². The molecule has 1 aromatic rings. The van der Waals surface area contributed by atoms with Crippen molar-refractivity contribution < 1.29 is 5.11 Å². The van der Waals surface area contributed by atoms with Gasteiger partial charge in [-0.1, -0.05) is 0 Å². The number of hydrogen-bond acceptors (Lipinski definition) is 4. The van der Waals surface area contributed by atoms with E-state index in [0.717, 1.165) is 4.57 Å². The molecular weight excluding hydrogens is 186 g/mol. The number of hydrogen-bond donors (Lipinski definition) is 2. The number of nitrogens with zero attached hydrogens (tertiary/aromatic N) is 2. The van der Waals surface area contributed by atoms with Crippen molar-refractivity contribution in [2.24, 2.45) is 7.05 Å². The van der Waals surface area contributed by atoms with Crippen molar-refractivity contribution >= 4 is 5.82 Å². The van der Waals surface area contributed by atoms with Gasteiger partial charge in [-0.25, -0.2) is 4.79 Å². The molecule has 0 aliphatic carbocycles. The highest BCUT2D eigenvalue weighted by atomic mass is 16.3. The van der Waals surface area contributed by atoms with Crippen molar-refractivity contribution in [1.82, 2.24) is 9.55 Å². The highest BCUT2D eigenvalue weighted by molar-refractivity contribution is 5.34. The van der Waals surface area contributed by atoms with Gasteiger partial charge in [0, 0.05) is 26.7 Å². The predicted octanol–water partition coefficient (Wildman–Crippen LogP) is -1.50. The summed E-state index contributed by atoms with van der Waals surface area (Å²) >= 11 is 0. The first-order chi connectivity index (χ1) is 6.56. The number of aliphatic hydroxyl groups excluding tert-OH is 1. The lowest BCUT2D eigenvalue weighted by atomic mass is 10.5.